The predicted octanol–water partition coefficient (Wildman–Crippen LogP) is 2.21. The number of fused-ring (bicyclic) bond motifs is 1. The average molecular weight is 209 g/mol. The molecule has 1 aliphatic heterocycles. The van der Waals surface area contributed by atoms with Gasteiger partial charge in [0.1, 0.15) is 0 Å². The van der Waals surface area contributed by atoms with Crippen LogP contribution in [-0.4, -0.2) is 22.8 Å². The molecule has 0 aromatic carbocycles. The van der Waals surface area contributed by atoms with Crippen LogP contribution in [0.4, 0.5) is 0 Å². The van der Waals surface area contributed by atoms with Crippen molar-refractivity contribution in [3.05, 3.63) is 0 Å². The molecular weight excluding hydrogens is 186 g/mol. The average Bonchev–Trinajstić information content (AvgIpc) is 2.84. The fraction of sp³-hybridized carbons (Fsp3) is 1.00. The lowest BCUT2D eigenvalue weighted by Crippen LogP contribution is -2.47. The summed E-state index contributed by atoms with van der Waals surface area (Å²) in [6, 6.07) is 1.14. The van der Waals surface area contributed by atoms with Crippen LogP contribution in [0.25, 0.3) is 0 Å². The van der Waals surface area contributed by atoms with E-state index in [1.165, 1.54) is 44.9 Å². The van der Waals surface area contributed by atoms with Crippen molar-refractivity contribution in [3.8, 4) is 0 Å². The first-order valence-corrected chi connectivity index (χ1v) is 6.76. The van der Waals surface area contributed by atoms with Crippen LogP contribution in [0.3, 0.4) is 0 Å². The summed E-state index contributed by atoms with van der Waals surface area (Å²) in [6.07, 6.45) is 11.3. The summed E-state index contributed by atoms with van der Waals surface area (Å²) >= 11 is 0. The van der Waals surface area contributed by atoms with Crippen LogP contribution >= 0.6 is 0 Å². The fourth-order valence-corrected chi connectivity index (χ4v) is 4.05. The monoisotopic (exact) mass is 209 g/mol. The third-order valence-corrected chi connectivity index (χ3v) is 4.98. The normalized spacial score (nSPS) is 44.2. The Kier molecular flexibility index (Phi) is 2.52. The number of aliphatic hydroxyl groups is 1. The molecule has 0 amide bonds. The molecule has 0 aromatic rings. The summed E-state index contributed by atoms with van der Waals surface area (Å²) in [5.74, 6) is 0.869. The summed E-state index contributed by atoms with van der Waals surface area (Å²) in [4.78, 5) is 0. The molecule has 2 heteroatoms. The molecular formula is C13H23NO. The Labute approximate surface area is 92.4 Å². The van der Waals surface area contributed by atoms with Gasteiger partial charge in [-0.05, 0) is 38.0 Å². The lowest BCUT2D eigenvalue weighted by molar-refractivity contribution is 0.0123. The number of rotatable bonds is 1. The summed E-state index contributed by atoms with van der Waals surface area (Å²) in [5, 5.41) is 14.3. The van der Waals surface area contributed by atoms with Gasteiger partial charge in [-0.3, -0.25) is 0 Å². The molecule has 0 radical (unpaired) electrons. The van der Waals surface area contributed by atoms with E-state index in [-0.39, 0.29) is 5.60 Å². The van der Waals surface area contributed by atoms with Crippen molar-refractivity contribution in [1.29, 1.82) is 0 Å². The van der Waals surface area contributed by atoms with Gasteiger partial charge in [0.25, 0.3) is 0 Å². The standard InChI is InChI=1S/C13H23NO/c15-13(7-3-4-8-13)12-9-10-5-1-2-6-11(10)14-12/h10-12,14-15H,1-9H2/t10-,11-,12-/m0/s1. The highest BCUT2D eigenvalue weighted by Gasteiger charge is 2.46. The van der Waals surface area contributed by atoms with Crippen molar-refractivity contribution in [2.75, 3.05) is 0 Å². The van der Waals surface area contributed by atoms with Crippen LogP contribution in [0.2, 0.25) is 0 Å². The van der Waals surface area contributed by atoms with Crippen LogP contribution in [0.1, 0.15) is 57.8 Å². The van der Waals surface area contributed by atoms with Gasteiger partial charge >= 0.3 is 0 Å². The third kappa shape index (κ3) is 1.72. The van der Waals surface area contributed by atoms with Crippen molar-refractivity contribution in [2.45, 2.75) is 75.5 Å². The number of hydrogen-bond donors (Lipinski definition) is 2. The third-order valence-electron chi connectivity index (χ3n) is 4.98. The molecule has 0 unspecified atom stereocenters. The summed E-state index contributed by atoms with van der Waals surface area (Å²) < 4.78 is 0. The van der Waals surface area contributed by atoms with Gasteiger partial charge in [0.2, 0.25) is 0 Å². The molecule has 1 saturated heterocycles. The first-order chi connectivity index (χ1) is 7.28. The highest BCUT2D eigenvalue weighted by Crippen LogP contribution is 2.41. The minimum atomic E-state index is -0.350. The molecule has 2 aliphatic carbocycles. The first-order valence-electron chi connectivity index (χ1n) is 6.76. The molecule has 0 spiro atoms. The molecule has 15 heavy (non-hydrogen) atoms. The number of hydrogen-bond acceptors (Lipinski definition) is 2. The molecule has 3 atom stereocenters. The zero-order valence-electron chi connectivity index (χ0n) is 9.54. The van der Waals surface area contributed by atoms with E-state index in [1.807, 2.05) is 0 Å². The van der Waals surface area contributed by atoms with Crippen molar-refractivity contribution in [3.63, 3.8) is 0 Å². The van der Waals surface area contributed by atoms with E-state index in [2.05, 4.69) is 5.32 Å². The molecule has 3 aliphatic rings. The zero-order valence-corrected chi connectivity index (χ0v) is 9.54. The van der Waals surface area contributed by atoms with Gasteiger partial charge in [0.15, 0.2) is 0 Å². The van der Waals surface area contributed by atoms with Gasteiger partial charge in [-0.1, -0.05) is 25.7 Å². The Hall–Kier alpha value is -0.0800. The van der Waals surface area contributed by atoms with Gasteiger partial charge in [-0.2, -0.15) is 0 Å². The lowest BCUT2D eigenvalue weighted by Gasteiger charge is -2.30. The highest BCUT2D eigenvalue weighted by atomic mass is 16.3. The molecule has 0 bridgehead atoms. The van der Waals surface area contributed by atoms with E-state index in [1.54, 1.807) is 0 Å². The van der Waals surface area contributed by atoms with E-state index < -0.39 is 0 Å². The van der Waals surface area contributed by atoms with E-state index in [4.69, 9.17) is 0 Å². The lowest BCUT2D eigenvalue weighted by atomic mass is 9.82. The second kappa shape index (κ2) is 3.74. The Balaban J connectivity index is 1.69. The van der Waals surface area contributed by atoms with Crippen LogP contribution in [0.5, 0.6) is 0 Å². The van der Waals surface area contributed by atoms with Gasteiger partial charge in [0.05, 0.1) is 5.60 Å². The van der Waals surface area contributed by atoms with Gasteiger partial charge < -0.3 is 10.4 Å². The minimum absolute atomic E-state index is 0.350. The summed E-state index contributed by atoms with van der Waals surface area (Å²) in [6.45, 7) is 0. The van der Waals surface area contributed by atoms with Crippen LogP contribution in [0, 0.1) is 5.92 Å². The van der Waals surface area contributed by atoms with Crippen LogP contribution < -0.4 is 5.32 Å². The molecule has 1 heterocycles. The van der Waals surface area contributed by atoms with Crippen LogP contribution in [0.15, 0.2) is 0 Å². The van der Waals surface area contributed by atoms with Crippen molar-refractivity contribution < 1.29 is 5.11 Å². The second-order valence-corrected chi connectivity index (χ2v) is 5.92. The molecule has 3 fully saturated rings. The SMILES string of the molecule is OC1([C@@H]2C[C@@H]3CCCC[C@@H]3N2)CCCC1. The van der Waals surface area contributed by atoms with E-state index in [0.29, 0.717) is 6.04 Å². The van der Waals surface area contributed by atoms with E-state index in [0.717, 1.165) is 24.8 Å². The Morgan fingerprint density at radius 1 is 1.00 bits per heavy atom. The minimum Gasteiger partial charge on any atom is -0.388 e. The quantitative estimate of drug-likeness (QED) is 0.694. The van der Waals surface area contributed by atoms with Crippen molar-refractivity contribution in [2.24, 2.45) is 5.92 Å². The molecule has 2 saturated carbocycles. The summed E-state index contributed by atoms with van der Waals surface area (Å²) in [5.41, 5.74) is -0.350. The van der Waals surface area contributed by atoms with Gasteiger partial charge in [-0.15, -0.1) is 0 Å². The molecule has 0 aromatic heterocycles. The molecule has 2 nitrogen and oxygen atoms in total. The predicted molar refractivity (Wildman–Crippen MR) is 60.7 cm³/mol. The second-order valence-electron chi connectivity index (χ2n) is 5.92. The fourth-order valence-electron chi connectivity index (χ4n) is 4.05. The van der Waals surface area contributed by atoms with Crippen LogP contribution in [-0.2, 0) is 0 Å². The maximum atomic E-state index is 10.6. The zero-order chi connectivity index (χ0) is 10.3. The molecule has 86 valence electrons. The maximum Gasteiger partial charge on any atom is 0.0800 e. The largest absolute Gasteiger partial charge is 0.388 e. The molecule has 2 N–H and O–H groups in total. The summed E-state index contributed by atoms with van der Waals surface area (Å²) in [7, 11) is 0. The maximum absolute atomic E-state index is 10.6. The Morgan fingerprint density at radius 3 is 2.47 bits per heavy atom. The Morgan fingerprint density at radius 2 is 1.73 bits per heavy atom. The van der Waals surface area contributed by atoms with Gasteiger partial charge in [0, 0.05) is 12.1 Å². The van der Waals surface area contributed by atoms with Crippen molar-refractivity contribution >= 4 is 0 Å². The van der Waals surface area contributed by atoms with E-state index >= 15 is 0 Å². The molecule has 3 rings (SSSR count). The first kappa shape index (κ1) is 10.1. The van der Waals surface area contributed by atoms with Crippen molar-refractivity contribution in [1.82, 2.24) is 5.32 Å². The smallest absolute Gasteiger partial charge is 0.0800 e. The van der Waals surface area contributed by atoms with Gasteiger partial charge in [-0.25, -0.2) is 0 Å². The van der Waals surface area contributed by atoms with E-state index in [9.17, 15) is 5.11 Å². The Bertz CT molecular complexity index is 221. The highest BCUT2D eigenvalue weighted by molar-refractivity contribution is 5.03. The number of nitrogens with one attached hydrogen (secondary N) is 1. The topological polar surface area (TPSA) is 32.3 Å².